The molecule has 0 saturated carbocycles. The molecule has 104 valence electrons. The van der Waals surface area contributed by atoms with E-state index in [1.807, 2.05) is 0 Å². The second-order valence-corrected chi connectivity index (χ2v) is 4.83. The predicted molar refractivity (Wildman–Crippen MR) is 76.0 cm³/mol. The van der Waals surface area contributed by atoms with Crippen LogP contribution in [-0.2, 0) is 19.5 Å². The molecule has 1 aliphatic rings. The van der Waals surface area contributed by atoms with Gasteiger partial charge in [0.2, 0.25) is 0 Å². The average molecular weight is 272 g/mol. The van der Waals surface area contributed by atoms with Crippen molar-refractivity contribution >= 4 is 5.69 Å². The third kappa shape index (κ3) is 2.49. The van der Waals surface area contributed by atoms with Gasteiger partial charge in [0.25, 0.3) is 11.1 Å². The molecule has 2 aromatic rings. The molecule has 0 spiro atoms. The van der Waals surface area contributed by atoms with Gasteiger partial charge in [0.05, 0.1) is 17.9 Å². The predicted octanol–water partition coefficient (Wildman–Crippen LogP) is 0.463. The topological polar surface area (TPSA) is 68.9 Å². The van der Waals surface area contributed by atoms with Crippen molar-refractivity contribution < 1.29 is 0 Å². The van der Waals surface area contributed by atoms with E-state index in [-0.39, 0.29) is 11.1 Å². The van der Waals surface area contributed by atoms with Crippen molar-refractivity contribution in [3.63, 3.8) is 0 Å². The molecule has 0 aromatic carbocycles. The van der Waals surface area contributed by atoms with E-state index in [4.69, 9.17) is 0 Å². The summed E-state index contributed by atoms with van der Waals surface area (Å²) in [4.78, 5) is 23.6. The number of aromatic nitrogens is 3. The van der Waals surface area contributed by atoms with Crippen LogP contribution in [0.25, 0.3) is 0 Å². The number of aryl methyl sites for hydroxylation is 3. The summed E-state index contributed by atoms with van der Waals surface area (Å²) >= 11 is 0. The van der Waals surface area contributed by atoms with Crippen LogP contribution in [0.3, 0.4) is 0 Å². The van der Waals surface area contributed by atoms with Crippen LogP contribution in [0, 0.1) is 0 Å². The van der Waals surface area contributed by atoms with Gasteiger partial charge < -0.3 is 9.88 Å². The monoisotopic (exact) mass is 272 g/mol. The van der Waals surface area contributed by atoms with Gasteiger partial charge in [-0.05, 0) is 18.9 Å². The zero-order valence-corrected chi connectivity index (χ0v) is 11.1. The van der Waals surface area contributed by atoms with E-state index in [2.05, 4.69) is 10.4 Å². The summed E-state index contributed by atoms with van der Waals surface area (Å²) in [5.74, 6) is 0. The van der Waals surface area contributed by atoms with Crippen LogP contribution in [0.5, 0.6) is 0 Å². The SMILES string of the molecule is O=c1ccccn1CCn1nc2c(cc1=O)NCCC2. The largest absolute Gasteiger partial charge is 0.383 e. The van der Waals surface area contributed by atoms with Gasteiger partial charge >= 0.3 is 0 Å². The highest BCUT2D eigenvalue weighted by Gasteiger charge is 2.12. The van der Waals surface area contributed by atoms with Crippen LogP contribution in [0.15, 0.2) is 40.1 Å². The molecule has 3 rings (SSSR count). The minimum atomic E-state index is -0.137. The highest BCUT2D eigenvalue weighted by atomic mass is 16.1. The lowest BCUT2D eigenvalue weighted by atomic mass is 10.1. The van der Waals surface area contributed by atoms with Crippen LogP contribution < -0.4 is 16.4 Å². The maximum absolute atomic E-state index is 12.0. The Hall–Kier alpha value is -2.37. The lowest BCUT2D eigenvalue weighted by molar-refractivity contribution is 0.493. The summed E-state index contributed by atoms with van der Waals surface area (Å²) in [5, 5.41) is 7.57. The summed E-state index contributed by atoms with van der Waals surface area (Å²) in [6.07, 6.45) is 3.62. The summed E-state index contributed by atoms with van der Waals surface area (Å²) in [5.41, 5.74) is 1.56. The Kier molecular flexibility index (Phi) is 3.37. The van der Waals surface area contributed by atoms with Gasteiger partial charge in [-0.3, -0.25) is 9.59 Å². The van der Waals surface area contributed by atoms with E-state index in [0.717, 1.165) is 30.8 Å². The number of fused-ring (bicyclic) bond motifs is 1. The highest BCUT2D eigenvalue weighted by molar-refractivity contribution is 5.48. The molecule has 0 aliphatic carbocycles. The molecule has 6 heteroatoms. The van der Waals surface area contributed by atoms with Gasteiger partial charge in [-0.25, -0.2) is 4.68 Å². The zero-order valence-electron chi connectivity index (χ0n) is 11.1. The van der Waals surface area contributed by atoms with Crippen LogP contribution in [-0.4, -0.2) is 20.9 Å². The molecule has 2 aromatic heterocycles. The van der Waals surface area contributed by atoms with Crippen LogP contribution in [0.4, 0.5) is 5.69 Å². The molecule has 20 heavy (non-hydrogen) atoms. The maximum atomic E-state index is 12.0. The third-order valence-electron chi connectivity index (χ3n) is 3.43. The Bertz CT molecular complexity index is 732. The minimum absolute atomic E-state index is 0.0693. The second kappa shape index (κ2) is 5.32. The van der Waals surface area contributed by atoms with Crippen LogP contribution >= 0.6 is 0 Å². The smallest absolute Gasteiger partial charge is 0.268 e. The van der Waals surface area contributed by atoms with Crippen molar-refractivity contribution in [1.29, 1.82) is 0 Å². The normalized spacial score (nSPS) is 13.6. The Morgan fingerprint density at radius 1 is 1.20 bits per heavy atom. The molecule has 0 fully saturated rings. The quantitative estimate of drug-likeness (QED) is 0.881. The number of hydrogen-bond acceptors (Lipinski definition) is 4. The fraction of sp³-hybridized carbons (Fsp3) is 0.357. The Morgan fingerprint density at radius 2 is 2.10 bits per heavy atom. The number of hydrogen-bond donors (Lipinski definition) is 1. The molecule has 0 unspecified atom stereocenters. The molecule has 0 atom stereocenters. The molecule has 0 radical (unpaired) electrons. The van der Waals surface area contributed by atoms with Gasteiger partial charge in [0.1, 0.15) is 0 Å². The van der Waals surface area contributed by atoms with E-state index in [0.29, 0.717) is 13.1 Å². The number of pyridine rings is 1. The number of rotatable bonds is 3. The van der Waals surface area contributed by atoms with E-state index in [9.17, 15) is 9.59 Å². The first-order valence-electron chi connectivity index (χ1n) is 6.74. The Labute approximate surface area is 115 Å². The van der Waals surface area contributed by atoms with Gasteiger partial charge in [-0.2, -0.15) is 5.10 Å². The fourth-order valence-corrected chi connectivity index (χ4v) is 2.35. The van der Waals surface area contributed by atoms with E-state index < -0.39 is 0 Å². The maximum Gasteiger partial charge on any atom is 0.268 e. The summed E-state index contributed by atoms with van der Waals surface area (Å²) < 4.78 is 3.01. The van der Waals surface area contributed by atoms with Crippen LogP contribution in [0.1, 0.15) is 12.1 Å². The van der Waals surface area contributed by atoms with Crippen molar-refractivity contribution in [3.8, 4) is 0 Å². The lowest BCUT2D eigenvalue weighted by Crippen LogP contribution is -2.30. The first kappa shape index (κ1) is 12.7. The molecular formula is C14H16N4O2. The number of anilines is 1. The lowest BCUT2D eigenvalue weighted by Gasteiger charge is -2.17. The van der Waals surface area contributed by atoms with E-state index >= 15 is 0 Å². The van der Waals surface area contributed by atoms with Crippen molar-refractivity contribution in [3.05, 3.63) is 56.9 Å². The molecule has 3 heterocycles. The van der Waals surface area contributed by atoms with Crippen molar-refractivity contribution in [2.75, 3.05) is 11.9 Å². The molecule has 0 amide bonds. The van der Waals surface area contributed by atoms with Gasteiger partial charge in [-0.15, -0.1) is 0 Å². The Morgan fingerprint density at radius 3 is 2.95 bits per heavy atom. The zero-order chi connectivity index (χ0) is 13.9. The molecule has 0 saturated heterocycles. The number of nitrogens with one attached hydrogen (secondary N) is 1. The molecule has 1 N–H and O–H groups in total. The second-order valence-electron chi connectivity index (χ2n) is 4.83. The standard InChI is InChI=1S/C14H16N4O2/c19-13-5-1-2-7-17(13)8-9-18-14(20)10-12-11(16-18)4-3-6-15-12/h1-2,5,7,10,15H,3-4,6,8-9H2. The molecule has 0 bridgehead atoms. The van der Waals surface area contributed by atoms with Gasteiger partial charge in [0.15, 0.2) is 0 Å². The van der Waals surface area contributed by atoms with Crippen molar-refractivity contribution in [1.82, 2.24) is 14.3 Å². The molecule has 6 nitrogen and oxygen atoms in total. The van der Waals surface area contributed by atoms with Crippen LogP contribution in [0.2, 0.25) is 0 Å². The number of nitrogens with zero attached hydrogens (tertiary/aromatic N) is 3. The average Bonchev–Trinajstić information content (AvgIpc) is 2.46. The van der Waals surface area contributed by atoms with E-state index in [1.165, 1.54) is 10.7 Å². The van der Waals surface area contributed by atoms with E-state index in [1.54, 1.807) is 29.0 Å². The summed E-state index contributed by atoms with van der Waals surface area (Å²) in [6.45, 7) is 1.73. The van der Waals surface area contributed by atoms with Gasteiger partial charge in [0, 0.05) is 31.4 Å². The van der Waals surface area contributed by atoms with Gasteiger partial charge in [-0.1, -0.05) is 6.07 Å². The van der Waals surface area contributed by atoms with Crippen molar-refractivity contribution in [2.24, 2.45) is 0 Å². The summed E-state index contributed by atoms with van der Waals surface area (Å²) in [7, 11) is 0. The fourth-order valence-electron chi connectivity index (χ4n) is 2.35. The van der Waals surface area contributed by atoms with Crippen molar-refractivity contribution in [2.45, 2.75) is 25.9 Å². The molecular weight excluding hydrogens is 256 g/mol. The first-order valence-corrected chi connectivity index (χ1v) is 6.74. The Balaban J connectivity index is 1.83. The first-order chi connectivity index (χ1) is 9.74. The third-order valence-corrected chi connectivity index (χ3v) is 3.43. The summed E-state index contributed by atoms with van der Waals surface area (Å²) in [6, 6.07) is 6.60. The minimum Gasteiger partial charge on any atom is -0.383 e. The molecule has 1 aliphatic heterocycles. The highest BCUT2D eigenvalue weighted by Crippen LogP contribution is 2.16.